The van der Waals surface area contributed by atoms with Crippen LogP contribution in [0.4, 0.5) is 0 Å². The molecule has 0 amide bonds. The molecule has 0 rings (SSSR count). The van der Waals surface area contributed by atoms with Crippen LogP contribution in [-0.2, 0) is 0 Å². The van der Waals surface area contributed by atoms with Crippen LogP contribution in [-0.4, -0.2) is 17.4 Å². The van der Waals surface area contributed by atoms with Crippen molar-refractivity contribution < 1.29 is 37.2 Å². The maximum Gasteiger partial charge on any atom is 3.00 e. The first-order valence-corrected chi connectivity index (χ1v) is 0. The number of rotatable bonds is 0. The van der Waals surface area contributed by atoms with Crippen LogP contribution < -0.4 is 37.2 Å². The van der Waals surface area contributed by atoms with Gasteiger partial charge in [0.1, 0.15) is 0 Å². The molecule has 0 aliphatic carbocycles. The van der Waals surface area contributed by atoms with Gasteiger partial charge in [-0.1, -0.05) is 0 Å². The molecule has 0 fully saturated rings. The van der Waals surface area contributed by atoms with Crippen molar-refractivity contribution in [2.24, 2.45) is 0 Å². The summed E-state index contributed by atoms with van der Waals surface area (Å²) in [5, 5.41) is 0. The molecule has 53 valence electrons. The summed E-state index contributed by atoms with van der Waals surface area (Å²) in [5.41, 5.74) is 0. The predicted molar refractivity (Wildman–Crippen MR) is 34.4 cm³/mol. The Morgan fingerprint density at radius 3 is 0.500 bits per heavy atom. The van der Waals surface area contributed by atoms with Crippen LogP contribution in [0, 0.1) is 0 Å². The Hall–Kier alpha value is 2.70. The maximum atomic E-state index is 0. The molecule has 0 saturated carbocycles. The molecule has 0 saturated heterocycles. The van der Waals surface area contributed by atoms with Crippen molar-refractivity contribution >= 4 is 64.5 Å². The summed E-state index contributed by atoms with van der Waals surface area (Å²) >= 11 is 0. The predicted octanol–water partition coefficient (Wildman–Crippen LogP) is -7.24. The van der Waals surface area contributed by atoms with Crippen molar-refractivity contribution in [3.63, 3.8) is 0 Å². The molecule has 0 aromatic rings. The fraction of sp³-hybridized carbons (Fsp3) is 0. The molecule has 0 aliphatic rings. The molecule has 0 nitrogen and oxygen atoms in total. The number of halogens is 6. The van der Waals surface area contributed by atoms with Gasteiger partial charge in [0.15, 0.2) is 0 Å². The fourth-order valence-corrected chi connectivity index (χ4v) is 0. The second kappa shape index (κ2) is 101. The summed E-state index contributed by atoms with van der Waals surface area (Å²) in [5.74, 6) is 0. The minimum absolute atomic E-state index is 0. The SMILES string of the molecule is Cl.Cl.Cl.[Al+3].[Cl-].[Cl-].[Cl-].[P]. The van der Waals surface area contributed by atoms with Crippen LogP contribution in [0.25, 0.3) is 0 Å². The van der Waals surface area contributed by atoms with E-state index in [0.717, 1.165) is 0 Å². The molecule has 0 N–H and O–H groups in total. The minimum Gasteiger partial charge on any atom is -1.00 e. The first kappa shape index (κ1) is 138. The van der Waals surface area contributed by atoms with E-state index in [1.54, 1.807) is 0 Å². The van der Waals surface area contributed by atoms with E-state index in [1.165, 1.54) is 0 Å². The van der Waals surface area contributed by atoms with E-state index in [-0.39, 0.29) is 102 Å². The standard InChI is InChI=1S/Al.6ClH.P/h;6*1H;/q+3;;;;;;;/p-3. The summed E-state index contributed by atoms with van der Waals surface area (Å²) < 4.78 is 0. The molecule has 0 heterocycles. The fourth-order valence-electron chi connectivity index (χ4n) is 0. The van der Waals surface area contributed by atoms with Gasteiger partial charge < -0.3 is 37.2 Å². The van der Waals surface area contributed by atoms with E-state index in [0.29, 0.717) is 0 Å². The Bertz CT molecular complexity index is 8.49. The van der Waals surface area contributed by atoms with E-state index >= 15 is 0 Å². The van der Waals surface area contributed by atoms with Gasteiger partial charge in [-0.15, -0.1) is 37.2 Å². The first-order valence-electron chi connectivity index (χ1n) is 0. The van der Waals surface area contributed by atoms with Gasteiger partial charge in [-0.2, -0.15) is 0 Å². The number of hydrogen-bond acceptors (Lipinski definition) is 0. The smallest absolute Gasteiger partial charge is 1.00 e. The second-order valence-corrected chi connectivity index (χ2v) is 0. The van der Waals surface area contributed by atoms with Crippen LogP contribution in [0.5, 0.6) is 0 Å². The molecule has 0 unspecified atom stereocenters. The summed E-state index contributed by atoms with van der Waals surface area (Å²) in [4.78, 5) is 0. The summed E-state index contributed by atoms with van der Waals surface area (Å²) in [6, 6.07) is 0. The normalized spacial score (nSPS) is 0. The quantitative estimate of drug-likeness (QED) is 0.304. The van der Waals surface area contributed by atoms with E-state index in [4.69, 9.17) is 0 Å². The topological polar surface area (TPSA) is 0 Å². The molecular formula is H3AlCl6P. The van der Waals surface area contributed by atoms with Gasteiger partial charge >= 0.3 is 17.4 Å². The summed E-state index contributed by atoms with van der Waals surface area (Å²) in [6.45, 7) is 0. The van der Waals surface area contributed by atoms with Crippen molar-refractivity contribution in [2.75, 3.05) is 0 Å². The zero-order chi connectivity index (χ0) is 0. The van der Waals surface area contributed by atoms with Crippen molar-refractivity contribution in [1.82, 2.24) is 0 Å². The largest absolute Gasteiger partial charge is 3.00 e. The van der Waals surface area contributed by atoms with E-state index in [9.17, 15) is 0 Å². The third kappa shape index (κ3) is 70.7. The van der Waals surface area contributed by atoms with Crippen LogP contribution in [0.2, 0.25) is 0 Å². The Balaban J connectivity index is 0. The summed E-state index contributed by atoms with van der Waals surface area (Å²) in [6.07, 6.45) is 0. The van der Waals surface area contributed by atoms with Gasteiger partial charge in [0.05, 0.1) is 0 Å². The van der Waals surface area contributed by atoms with E-state index < -0.39 is 0 Å². The van der Waals surface area contributed by atoms with Crippen LogP contribution in [0.15, 0.2) is 0 Å². The van der Waals surface area contributed by atoms with Crippen LogP contribution >= 0.6 is 47.1 Å². The van der Waals surface area contributed by atoms with Crippen molar-refractivity contribution in [3.8, 4) is 0 Å². The molecule has 0 bridgehead atoms. The Labute approximate surface area is 101 Å². The number of hydrogen-bond donors (Lipinski definition) is 0. The minimum atomic E-state index is 0. The monoisotopic (exact) mass is 271 g/mol. The van der Waals surface area contributed by atoms with Gasteiger partial charge in [0.2, 0.25) is 0 Å². The van der Waals surface area contributed by atoms with E-state index in [2.05, 4.69) is 0 Å². The van der Waals surface area contributed by atoms with Gasteiger partial charge in [-0.05, 0) is 0 Å². The Kier molecular flexibility index (Phi) is 1730. The van der Waals surface area contributed by atoms with Crippen LogP contribution in [0.1, 0.15) is 0 Å². The molecule has 0 spiro atoms. The third-order valence-electron chi connectivity index (χ3n) is 0. The molecule has 0 aromatic heterocycles. The van der Waals surface area contributed by atoms with Gasteiger partial charge in [0, 0.05) is 9.90 Å². The molecule has 0 aliphatic heterocycles. The molecule has 8 heavy (non-hydrogen) atoms. The average molecular weight is 274 g/mol. The first-order chi connectivity index (χ1) is 0. The molecular weight excluding hydrogens is 271 g/mol. The third-order valence-corrected chi connectivity index (χ3v) is 0. The maximum absolute atomic E-state index is 0. The molecule has 0 aromatic carbocycles. The Morgan fingerprint density at radius 1 is 0.500 bits per heavy atom. The van der Waals surface area contributed by atoms with Crippen molar-refractivity contribution in [2.45, 2.75) is 0 Å². The second-order valence-electron chi connectivity index (χ2n) is 0. The molecule has 3 radical (unpaired) electrons. The van der Waals surface area contributed by atoms with Gasteiger partial charge in [-0.25, -0.2) is 0 Å². The Morgan fingerprint density at radius 2 is 0.500 bits per heavy atom. The van der Waals surface area contributed by atoms with Gasteiger partial charge in [0.25, 0.3) is 0 Å². The van der Waals surface area contributed by atoms with Crippen LogP contribution in [0.3, 0.4) is 0 Å². The zero-order valence-electron chi connectivity index (χ0n) is 3.38. The van der Waals surface area contributed by atoms with Crippen molar-refractivity contribution in [3.05, 3.63) is 0 Å². The van der Waals surface area contributed by atoms with E-state index in [1.807, 2.05) is 0 Å². The van der Waals surface area contributed by atoms with Gasteiger partial charge in [-0.3, -0.25) is 0 Å². The zero-order valence-corrected chi connectivity index (χ0v) is 10.1. The van der Waals surface area contributed by atoms with Crippen molar-refractivity contribution in [1.29, 1.82) is 0 Å². The molecule has 0 atom stereocenters. The summed E-state index contributed by atoms with van der Waals surface area (Å²) in [7, 11) is 0. The molecule has 8 heteroatoms. The average Bonchev–Trinajstić information content (AvgIpc) is 0.